The van der Waals surface area contributed by atoms with E-state index in [9.17, 15) is 0 Å². The van der Waals surface area contributed by atoms with Gasteiger partial charge in [-0.3, -0.25) is 9.88 Å². The number of hydrogen-bond acceptors (Lipinski definition) is 5. The van der Waals surface area contributed by atoms with Gasteiger partial charge in [0.15, 0.2) is 0 Å². The third-order valence-electron chi connectivity index (χ3n) is 3.23. The van der Waals surface area contributed by atoms with Crippen LogP contribution in [0, 0.1) is 6.92 Å². The van der Waals surface area contributed by atoms with Gasteiger partial charge in [-0.25, -0.2) is 0 Å². The van der Waals surface area contributed by atoms with E-state index in [1.54, 1.807) is 7.11 Å². The molecule has 0 amide bonds. The largest absolute Gasteiger partial charge is 0.497 e. The first-order valence-corrected chi connectivity index (χ1v) is 6.80. The summed E-state index contributed by atoms with van der Waals surface area (Å²) in [5, 5.41) is 3.43. The molecule has 1 N–H and O–H groups in total. The molecule has 0 radical (unpaired) electrons. The molecule has 0 unspecified atom stereocenters. The highest BCUT2D eigenvalue weighted by Gasteiger charge is 2.09. The molecule has 2 heterocycles. The maximum absolute atomic E-state index is 5.33. The Morgan fingerprint density at radius 2 is 2.16 bits per heavy atom. The van der Waals surface area contributed by atoms with Crippen molar-refractivity contribution in [3.05, 3.63) is 23.5 Å². The van der Waals surface area contributed by atoms with Crippen LogP contribution in [0.25, 0.3) is 0 Å². The fraction of sp³-hybridized carbons (Fsp3) is 0.643. The molecule has 0 aromatic carbocycles. The van der Waals surface area contributed by atoms with Gasteiger partial charge in [0, 0.05) is 50.6 Å². The van der Waals surface area contributed by atoms with Crippen molar-refractivity contribution in [2.24, 2.45) is 0 Å². The van der Waals surface area contributed by atoms with Gasteiger partial charge >= 0.3 is 0 Å². The molecule has 0 atom stereocenters. The van der Waals surface area contributed by atoms with Crippen LogP contribution >= 0.6 is 0 Å². The van der Waals surface area contributed by atoms with E-state index in [0.29, 0.717) is 0 Å². The van der Waals surface area contributed by atoms with Crippen LogP contribution in [0.15, 0.2) is 12.1 Å². The molecule has 5 nitrogen and oxygen atoms in total. The van der Waals surface area contributed by atoms with Crippen LogP contribution in [0.1, 0.15) is 11.4 Å². The third-order valence-corrected chi connectivity index (χ3v) is 3.23. The van der Waals surface area contributed by atoms with Crippen LogP contribution in [0.3, 0.4) is 0 Å². The van der Waals surface area contributed by atoms with Gasteiger partial charge in [-0.1, -0.05) is 0 Å². The molecule has 0 spiro atoms. The van der Waals surface area contributed by atoms with Crippen molar-refractivity contribution < 1.29 is 9.47 Å². The molecule has 0 aliphatic carbocycles. The van der Waals surface area contributed by atoms with Gasteiger partial charge in [0.25, 0.3) is 0 Å². The number of pyridine rings is 1. The SMILES string of the molecule is COc1cc(C)nc(CNCCN2CCOCC2)c1. The van der Waals surface area contributed by atoms with E-state index >= 15 is 0 Å². The first kappa shape index (κ1) is 14.2. The number of nitrogens with one attached hydrogen (secondary N) is 1. The fourth-order valence-corrected chi connectivity index (χ4v) is 2.19. The minimum absolute atomic E-state index is 0.780. The van der Waals surface area contributed by atoms with Crippen LogP contribution in [-0.4, -0.2) is 56.4 Å². The highest BCUT2D eigenvalue weighted by atomic mass is 16.5. The highest BCUT2D eigenvalue weighted by Crippen LogP contribution is 2.12. The lowest BCUT2D eigenvalue weighted by Crippen LogP contribution is -2.40. The van der Waals surface area contributed by atoms with Crippen molar-refractivity contribution in [2.75, 3.05) is 46.5 Å². The van der Waals surface area contributed by atoms with Gasteiger partial charge < -0.3 is 14.8 Å². The Morgan fingerprint density at radius 3 is 2.89 bits per heavy atom. The molecule has 0 bridgehead atoms. The lowest BCUT2D eigenvalue weighted by atomic mass is 10.3. The Labute approximate surface area is 114 Å². The van der Waals surface area contributed by atoms with Gasteiger partial charge in [-0.05, 0) is 6.92 Å². The summed E-state index contributed by atoms with van der Waals surface area (Å²) >= 11 is 0. The number of aryl methyl sites for hydroxylation is 1. The van der Waals surface area contributed by atoms with Crippen molar-refractivity contribution in [3.8, 4) is 5.75 Å². The first-order chi connectivity index (χ1) is 9.28. The van der Waals surface area contributed by atoms with Crippen molar-refractivity contribution in [1.29, 1.82) is 0 Å². The normalized spacial score (nSPS) is 16.5. The van der Waals surface area contributed by atoms with E-state index in [0.717, 1.165) is 63.1 Å². The molecule has 2 rings (SSSR count). The number of aromatic nitrogens is 1. The molecule has 1 aromatic heterocycles. The lowest BCUT2D eigenvalue weighted by Gasteiger charge is -2.26. The predicted octanol–water partition coefficient (Wildman–Crippen LogP) is 0.820. The predicted molar refractivity (Wildman–Crippen MR) is 74.5 cm³/mol. The molecule has 1 aromatic rings. The van der Waals surface area contributed by atoms with Crippen LogP contribution in [0.2, 0.25) is 0 Å². The molecule has 1 aliphatic rings. The van der Waals surface area contributed by atoms with Crippen LogP contribution in [0.4, 0.5) is 0 Å². The van der Waals surface area contributed by atoms with Crippen LogP contribution in [0.5, 0.6) is 5.75 Å². The minimum atomic E-state index is 0.780. The standard InChI is InChI=1S/C14H23N3O2/c1-12-9-14(18-2)10-13(16-12)11-15-3-4-17-5-7-19-8-6-17/h9-10,15H,3-8,11H2,1-2H3. The lowest BCUT2D eigenvalue weighted by molar-refractivity contribution is 0.0384. The van der Waals surface area contributed by atoms with Crippen molar-refractivity contribution in [1.82, 2.24) is 15.2 Å². The van der Waals surface area contributed by atoms with Gasteiger partial charge in [0.2, 0.25) is 0 Å². The van der Waals surface area contributed by atoms with E-state index in [4.69, 9.17) is 9.47 Å². The number of hydrogen-bond donors (Lipinski definition) is 1. The molecule has 0 saturated carbocycles. The zero-order valence-electron chi connectivity index (χ0n) is 11.8. The Hall–Kier alpha value is -1.17. The molecule has 106 valence electrons. The van der Waals surface area contributed by atoms with E-state index in [-0.39, 0.29) is 0 Å². The number of methoxy groups -OCH3 is 1. The molecule has 1 aliphatic heterocycles. The van der Waals surface area contributed by atoms with Gasteiger partial charge in [-0.2, -0.15) is 0 Å². The molecular weight excluding hydrogens is 242 g/mol. The smallest absolute Gasteiger partial charge is 0.122 e. The summed E-state index contributed by atoms with van der Waals surface area (Å²) < 4.78 is 10.6. The second-order valence-electron chi connectivity index (χ2n) is 4.77. The summed E-state index contributed by atoms with van der Waals surface area (Å²) in [5.74, 6) is 0.873. The van der Waals surface area contributed by atoms with Crippen molar-refractivity contribution in [2.45, 2.75) is 13.5 Å². The van der Waals surface area contributed by atoms with E-state index < -0.39 is 0 Å². The molecule has 1 saturated heterocycles. The number of nitrogens with zero attached hydrogens (tertiary/aromatic N) is 2. The summed E-state index contributed by atoms with van der Waals surface area (Å²) in [5.41, 5.74) is 2.02. The highest BCUT2D eigenvalue weighted by molar-refractivity contribution is 5.26. The summed E-state index contributed by atoms with van der Waals surface area (Å²) in [6.07, 6.45) is 0. The first-order valence-electron chi connectivity index (χ1n) is 6.80. The summed E-state index contributed by atoms with van der Waals surface area (Å²) in [7, 11) is 1.68. The average molecular weight is 265 g/mol. The molecule has 1 fully saturated rings. The Kier molecular flexibility index (Phi) is 5.57. The number of rotatable bonds is 6. The second-order valence-corrected chi connectivity index (χ2v) is 4.77. The monoisotopic (exact) mass is 265 g/mol. The number of morpholine rings is 1. The molecule has 19 heavy (non-hydrogen) atoms. The number of ether oxygens (including phenoxy) is 2. The van der Waals surface area contributed by atoms with Gasteiger partial charge in [-0.15, -0.1) is 0 Å². The van der Waals surface area contributed by atoms with Crippen molar-refractivity contribution in [3.63, 3.8) is 0 Å². The van der Waals surface area contributed by atoms with Crippen LogP contribution < -0.4 is 10.1 Å². The summed E-state index contributed by atoms with van der Waals surface area (Å²) in [6.45, 7) is 8.59. The Balaban J connectivity index is 1.71. The third kappa shape index (κ3) is 4.78. The molecular formula is C14H23N3O2. The van der Waals surface area contributed by atoms with E-state index in [1.165, 1.54) is 0 Å². The zero-order valence-corrected chi connectivity index (χ0v) is 11.8. The van der Waals surface area contributed by atoms with E-state index in [1.807, 2.05) is 19.1 Å². The maximum atomic E-state index is 5.33. The Bertz CT molecular complexity index is 392. The average Bonchev–Trinajstić information content (AvgIpc) is 2.44. The van der Waals surface area contributed by atoms with Gasteiger partial charge in [0.1, 0.15) is 5.75 Å². The van der Waals surface area contributed by atoms with Crippen LogP contribution in [-0.2, 0) is 11.3 Å². The van der Waals surface area contributed by atoms with Gasteiger partial charge in [0.05, 0.1) is 26.0 Å². The summed E-state index contributed by atoms with van der Waals surface area (Å²) in [4.78, 5) is 6.91. The Morgan fingerprint density at radius 1 is 1.37 bits per heavy atom. The second kappa shape index (κ2) is 7.43. The van der Waals surface area contributed by atoms with E-state index in [2.05, 4.69) is 15.2 Å². The zero-order chi connectivity index (χ0) is 13.5. The fourth-order valence-electron chi connectivity index (χ4n) is 2.19. The minimum Gasteiger partial charge on any atom is -0.497 e. The summed E-state index contributed by atoms with van der Waals surface area (Å²) in [6, 6.07) is 3.92. The topological polar surface area (TPSA) is 46.6 Å². The molecule has 5 heteroatoms. The quantitative estimate of drug-likeness (QED) is 0.772. The maximum Gasteiger partial charge on any atom is 0.122 e. The van der Waals surface area contributed by atoms with Crippen molar-refractivity contribution >= 4 is 0 Å².